The lowest BCUT2D eigenvalue weighted by molar-refractivity contribution is 0.567. The maximum Gasteiger partial charge on any atom is 0.259 e. The van der Waals surface area contributed by atoms with Gasteiger partial charge in [-0.1, -0.05) is 62.1 Å². The molecule has 0 spiro atoms. The fourth-order valence-corrected chi connectivity index (χ4v) is 5.03. The van der Waals surface area contributed by atoms with Gasteiger partial charge in [0.05, 0.1) is 23.4 Å². The molecule has 0 amide bonds. The van der Waals surface area contributed by atoms with Crippen molar-refractivity contribution in [2.24, 2.45) is 5.73 Å². The fraction of sp³-hybridized carbons (Fsp3) is 0.357. The molecule has 0 radical (unpaired) electrons. The van der Waals surface area contributed by atoms with Crippen LogP contribution >= 0.6 is 12.4 Å². The molecule has 0 fully saturated rings. The summed E-state index contributed by atoms with van der Waals surface area (Å²) < 4.78 is 1.89. The molecule has 2 aromatic heterocycles. The van der Waals surface area contributed by atoms with Crippen LogP contribution in [0.1, 0.15) is 49.7 Å². The van der Waals surface area contributed by atoms with Gasteiger partial charge in [-0.05, 0) is 55.1 Å². The molecule has 34 heavy (non-hydrogen) atoms. The van der Waals surface area contributed by atoms with E-state index in [1.807, 2.05) is 34.9 Å². The summed E-state index contributed by atoms with van der Waals surface area (Å²) in [4.78, 5) is 18.2. The van der Waals surface area contributed by atoms with Crippen molar-refractivity contribution < 1.29 is 0 Å². The van der Waals surface area contributed by atoms with Gasteiger partial charge in [-0.2, -0.15) is 0 Å². The van der Waals surface area contributed by atoms with Crippen LogP contribution in [0.3, 0.4) is 0 Å². The fourth-order valence-electron chi connectivity index (χ4n) is 5.03. The first-order valence-corrected chi connectivity index (χ1v) is 12.2. The van der Waals surface area contributed by atoms with Crippen molar-refractivity contribution in [3.05, 3.63) is 76.1 Å². The highest BCUT2D eigenvalue weighted by atomic mass is 35.5. The summed E-state index contributed by atoms with van der Waals surface area (Å²) in [6.45, 7) is 3.18. The van der Waals surface area contributed by atoms with Crippen LogP contribution in [0.5, 0.6) is 0 Å². The maximum absolute atomic E-state index is 13.2. The highest BCUT2D eigenvalue weighted by Crippen LogP contribution is 2.36. The average Bonchev–Trinajstić information content (AvgIpc) is 3.21. The summed E-state index contributed by atoms with van der Waals surface area (Å²) in [6, 6.07) is 18.3. The number of aromatic nitrogens is 2. The molecule has 5 rings (SSSR count). The molecule has 4 aromatic rings. The van der Waals surface area contributed by atoms with Crippen molar-refractivity contribution in [1.82, 2.24) is 14.9 Å². The quantitative estimate of drug-likeness (QED) is 0.265. The van der Waals surface area contributed by atoms with Crippen LogP contribution in [0.15, 0.2) is 59.4 Å². The molecule has 2 aromatic carbocycles. The normalized spacial score (nSPS) is 12.0. The van der Waals surface area contributed by atoms with Crippen LogP contribution in [-0.2, 0) is 13.1 Å². The van der Waals surface area contributed by atoms with Gasteiger partial charge >= 0.3 is 0 Å². The molecule has 1 aliphatic rings. The van der Waals surface area contributed by atoms with E-state index in [9.17, 15) is 4.79 Å². The summed E-state index contributed by atoms with van der Waals surface area (Å²) in [5.41, 5.74) is 11.0. The third-order valence-electron chi connectivity index (χ3n) is 6.80. The topological polar surface area (TPSA) is 72.9 Å². The Labute approximate surface area is 206 Å². The van der Waals surface area contributed by atoms with Gasteiger partial charge in [0, 0.05) is 22.9 Å². The molecule has 0 unspecified atom stereocenters. The molecule has 0 saturated heterocycles. The van der Waals surface area contributed by atoms with E-state index in [4.69, 9.17) is 10.7 Å². The van der Waals surface area contributed by atoms with Gasteiger partial charge < -0.3 is 15.6 Å². The van der Waals surface area contributed by atoms with E-state index >= 15 is 0 Å². The molecule has 5 nitrogen and oxygen atoms in total. The molecule has 0 atom stereocenters. The Hall–Kier alpha value is -2.73. The standard InChI is InChI=1S/C28H32N4O.ClH/c29-15-9-3-1-2-4-10-16-30-18-23-22-13-7-8-14-25(22)31-27-24(23)19-32-26(27)17-20-11-5-6-12-21(20)28(32)33;/h5-8,11-14,17,30H,1-4,9-10,15-16,18-19,29H2;1H. The Morgan fingerprint density at radius 3 is 2.44 bits per heavy atom. The molecule has 0 saturated carbocycles. The van der Waals surface area contributed by atoms with E-state index in [-0.39, 0.29) is 18.0 Å². The zero-order valence-corrected chi connectivity index (χ0v) is 20.4. The zero-order valence-electron chi connectivity index (χ0n) is 19.6. The molecule has 3 heterocycles. The number of rotatable bonds is 10. The first-order chi connectivity index (χ1) is 16.3. The first-order valence-electron chi connectivity index (χ1n) is 12.2. The summed E-state index contributed by atoms with van der Waals surface area (Å²) >= 11 is 0. The first kappa shape index (κ1) is 24.4. The predicted octanol–water partition coefficient (Wildman–Crippen LogP) is 5.39. The van der Waals surface area contributed by atoms with Crippen LogP contribution in [0.4, 0.5) is 0 Å². The number of halogens is 1. The van der Waals surface area contributed by atoms with E-state index in [1.165, 1.54) is 48.6 Å². The van der Waals surface area contributed by atoms with Crippen molar-refractivity contribution in [2.45, 2.75) is 51.6 Å². The third-order valence-corrected chi connectivity index (χ3v) is 6.80. The van der Waals surface area contributed by atoms with Crippen molar-refractivity contribution in [3.63, 3.8) is 0 Å². The number of nitrogens with two attached hydrogens (primary N) is 1. The van der Waals surface area contributed by atoms with Gasteiger partial charge in [-0.15, -0.1) is 12.4 Å². The summed E-state index contributed by atoms with van der Waals surface area (Å²) in [5, 5.41) is 6.58. The Bertz CT molecular complexity index is 1350. The number of hydrogen-bond acceptors (Lipinski definition) is 4. The van der Waals surface area contributed by atoms with E-state index in [2.05, 4.69) is 29.6 Å². The molecule has 0 bridgehead atoms. The van der Waals surface area contributed by atoms with Gasteiger partial charge in [0.1, 0.15) is 0 Å². The van der Waals surface area contributed by atoms with E-state index in [0.29, 0.717) is 6.54 Å². The minimum atomic E-state index is 0. The zero-order chi connectivity index (χ0) is 22.6. The van der Waals surface area contributed by atoms with Crippen LogP contribution in [0, 0.1) is 0 Å². The summed E-state index contributed by atoms with van der Waals surface area (Å²) in [5.74, 6) is 0. The van der Waals surface area contributed by atoms with Crippen LogP contribution in [0.2, 0.25) is 0 Å². The number of para-hydroxylation sites is 1. The summed E-state index contributed by atoms with van der Waals surface area (Å²) in [6.07, 6.45) is 7.37. The van der Waals surface area contributed by atoms with Crippen LogP contribution in [0.25, 0.3) is 33.1 Å². The highest BCUT2D eigenvalue weighted by Gasteiger charge is 2.26. The molecule has 3 N–H and O–H groups in total. The minimum absolute atomic E-state index is 0. The van der Waals surface area contributed by atoms with E-state index < -0.39 is 0 Å². The van der Waals surface area contributed by atoms with Gasteiger partial charge in [0.2, 0.25) is 0 Å². The van der Waals surface area contributed by atoms with E-state index in [1.54, 1.807) is 0 Å². The monoisotopic (exact) mass is 476 g/mol. The average molecular weight is 477 g/mol. The van der Waals surface area contributed by atoms with Crippen molar-refractivity contribution in [2.75, 3.05) is 13.1 Å². The third kappa shape index (κ3) is 4.74. The predicted molar refractivity (Wildman–Crippen MR) is 144 cm³/mol. The van der Waals surface area contributed by atoms with Gasteiger partial charge in [-0.3, -0.25) is 4.79 Å². The lowest BCUT2D eigenvalue weighted by Crippen LogP contribution is -2.20. The lowest BCUT2D eigenvalue weighted by atomic mass is 10.00. The Morgan fingerprint density at radius 1 is 0.912 bits per heavy atom. The molecule has 0 aliphatic carbocycles. The smallest absolute Gasteiger partial charge is 0.259 e. The number of unbranched alkanes of at least 4 members (excludes halogenated alkanes) is 5. The van der Waals surface area contributed by atoms with Gasteiger partial charge in [0.25, 0.3) is 5.56 Å². The summed E-state index contributed by atoms with van der Waals surface area (Å²) in [7, 11) is 0. The van der Waals surface area contributed by atoms with Crippen LogP contribution in [-0.4, -0.2) is 22.6 Å². The van der Waals surface area contributed by atoms with Crippen molar-refractivity contribution in [3.8, 4) is 11.4 Å². The second-order valence-electron chi connectivity index (χ2n) is 9.03. The highest BCUT2D eigenvalue weighted by molar-refractivity contribution is 5.91. The second-order valence-corrected chi connectivity index (χ2v) is 9.03. The number of fused-ring (bicyclic) bond motifs is 5. The Kier molecular flexibility index (Phi) is 7.99. The number of nitrogens with one attached hydrogen (secondary N) is 1. The maximum atomic E-state index is 13.2. The number of hydrogen-bond donors (Lipinski definition) is 2. The van der Waals surface area contributed by atoms with Gasteiger partial charge in [-0.25, -0.2) is 4.98 Å². The minimum Gasteiger partial charge on any atom is -0.330 e. The van der Waals surface area contributed by atoms with Crippen LogP contribution < -0.4 is 16.6 Å². The van der Waals surface area contributed by atoms with Crippen molar-refractivity contribution in [1.29, 1.82) is 0 Å². The molecule has 1 aliphatic heterocycles. The Morgan fingerprint density at radius 2 is 1.62 bits per heavy atom. The van der Waals surface area contributed by atoms with E-state index in [0.717, 1.165) is 53.7 Å². The van der Waals surface area contributed by atoms with Gasteiger partial charge in [0.15, 0.2) is 0 Å². The molecular formula is C28H33ClN4O. The number of nitrogens with zero attached hydrogens (tertiary/aromatic N) is 2. The SMILES string of the molecule is Cl.NCCCCCCCCNCc1c2c(nc3ccccc13)-c1cc3ccccc3c(=O)n1C2. The number of benzene rings is 2. The number of pyridine rings is 2. The second kappa shape index (κ2) is 11.1. The Balaban J connectivity index is 0.00000274. The molecule has 6 heteroatoms. The van der Waals surface area contributed by atoms with Crippen molar-refractivity contribution >= 4 is 34.1 Å². The largest absolute Gasteiger partial charge is 0.330 e. The molecular weight excluding hydrogens is 444 g/mol. The molecule has 178 valence electrons. The lowest BCUT2D eigenvalue weighted by Gasteiger charge is -2.13.